The summed E-state index contributed by atoms with van der Waals surface area (Å²) in [4.78, 5) is 13.3. The summed E-state index contributed by atoms with van der Waals surface area (Å²) in [5.74, 6) is 0.844. The van der Waals surface area contributed by atoms with Crippen LogP contribution in [-0.4, -0.2) is 23.9 Å². The molecule has 0 radical (unpaired) electrons. The average Bonchev–Trinajstić information content (AvgIpc) is 2.05. The van der Waals surface area contributed by atoms with Gasteiger partial charge in [-0.15, -0.1) is 0 Å². The zero-order valence-corrected chi connectivity index (χ0v) is 7.92. The Morgan fingerprint density at radius 2 is 2.33 bits per heavy atom. The zero-order chi connectivity index (χ0) is 8.97. The van der Waals surface area contributed by atoms with Crippen LogP contribution in [-0.2, 0) is 4.79 Å². The lowest BCUT2D eigenvalue weighted by molar-refractivity contribution is -0.127. The van der Waals surface area contributed by atoms with Gasteiger partial charge in [0.05, 0.1) is 0 Å². The lowest BCUT2D eigenvalue weighted by atomic mass is 10.0. The summed E-state index contributed by atoms with van der Waals surface area (Å²) in [5, 5.41) is 0. The topological polar surface area (TPSA) is 20.3 Å². The van der Waals surface area contributed by atoms with E-state index in [1.165, 1.54) is 6.42 Å². The molecule has 2 nitrogen and oxygen atoms in total. The highest BCUT2D eigenvalue weighted by molar-refractivity contribution is 5.87. The highest BCUT2D eigenvalue weighted by atomic mass is 16.2. The van der Waals surface area contributed by atoms with Gasteiger partial charge in [-0.05, 0) is 31.8 Å². The lowest BCUT2D eigenvalue weighted by Gasteiger charge is -2.29. The van der Waals surface area contributed by atoms with E-state index < -0.39 is 0 Å². The molecule has 68 valence electrons. The quantitative estimate of drug-likeness (QED) is 0.545. The SMILES string of the molecule is CC=CC(=O)N1CCCC(C)C1. The molecule has 12 heavy (non-hydrogen) atoms. The Morgan fingerprint density at radius 3 is 2.92 bits per heavy atom. The van der Waals surface area contributed by atoms with E-state index in [0.717, 1.165) is 19.5 Å². The summed E-state index contributed by atoms with van der Waals surface area (Å²) in [5.41, 5.74) is 0. The van der Waals surface area contributed by atoms with Gasteiger partial charge in [-0.2, -0.15) is 0 Å². The summed E-state index contributed by atoms with van der Waals surface area (Å²) in [7, 11) is 0. The molecular formula is C10H17NO. The van der Waals surface area contributed by atoms with E-state index in [0.29, 0.717) is 5.92 Å². The molecule has 1 atom stereocenters. The Bertz CT molecular complexity index is 186. The van der Waals surface area contributed by atoms with Crippen LogP contribution in [0.2, 0.25) is 0 Å². The Morgan fingerprint density at radius 1 is 1.58 bits per heavy atom. The fourth-order valence-electron chi connectivity index (χ4n) is 1.64. The third-order valence-electron chi connectivity index (χ3n) is 2.28. The van der Waals surface area contributed by atoms with Crippen LogP contribution in [0.1, 0.15) is 26.7 Å². The van der Waals surface area contributed by atoms with Crippen molar-refractivity contribution in [1.82, 2.24) is 4.90 Å². The third-order valence-corrected chi connectivity index (χ3v) is 2.28. The highest BCUT2D eigenvalue weighted by Crippen LogP contribution is 2.15. The third kappa shape index (κ3) is 2.36. The molecule has 1 amide bonds. The molecule has 0 aliphatic carbocycles. The number of carbonyl (C=O) groups is 1. The number of hydrogen-bond donors (Lipinski definition) is 0. The highest BCUT2D eigenvalue weighted by Gasteiger charge is 2.18. The molecule has 1 aliphatic rings. The zero-order valence-electron chi connectivity index (χ0n) is 7.92. The monoisotopic (exact) mass is 167 g/mol. The molecule has 1 saturated heterocycles. The molecule has 0 spiro atoms. The number of rotatable bonds is 1. The minimum atomic E-state index is 0.170. The van der Waals surface area contributed by atoms with Crippen LogP contribution >= 0.6 is 0 Å². The molecule has 1 aliphatic heterocycles. The predicted octanol–water partition coefficient (Wildman–Crippen LogP) is 1.82. The van der Waals surface area contributed by atoms with Crippen LogP contribution in [0, 0.1) is 5.92 Å². The molecule has 1 heterocycles. The van der Waals surface area contributed by atoms with E-state index in [2.05, 4.69) is 6.92 Å². The normalized spacial score (nSPS) is 24.8. The van der Waals surface area contributed by atoms with E-state index in [-0.39, 0.29) is 5.91 Å². The minimum Gasteiger partial charge on any atom is -0.339 e. The maximum absolute atomic E-state index is 11.4. The van der Waals surface area contributed by atoms with Crippen molar-refractivity contribution < 1.29 is 4.79 Å². The Kier molecular flexibility index (Phi) is 3.32. The Balaban J connectivity index is 2.45. The molecule has 0 aromatic carbocycles. The predicted molar refractivity (Wildman–Crippen MR) is 49.8 cm³/mol. The number of nitrogens with zero attached hydrogens (tertiary/aromatic N) is 1. The molecule has 0 N–H and O–H groups in total. The minimum absolute atomic E-state index is 0.170. The van der Waals surface area contributed by atoms with E-state index in [1.807, 2.05) is 17.9 Å². The first-order valence-corrected chi connectivity index (χ1v) is 4.65. The molecule has 0 aromatic heterocycles. The number of piperidine rings is 1. The van der Waals surface area contributed by atoms with Crippen LogP contribution < -0.4 is 0 Å². The summed E-state index contributed by atoms with van der Waals surface area (Å²) in [6, 6.07) is 0. The molecule has 1 unspecified atom stereocenters. The maximum Gasteiger partial charge on any atom is 0.246 e. The molecule has 0 saturated carbocycles. The second-order valence-electron chi connectivity index (χ2n) is 3.53. The Labute approximate surface area is 74.2 Å². The van der Waals surface area contributed by atoms with Gasteiger partial charge in [-0.1, -0.05) is 13.0 Å². The van der Waals surface area contributed by atoms with Gasteiger partial charge in [0.1, 0.15) is 0 Å². The second-order valence-corrected chi connectivity index (χ2v) is 3.53. The lowest BCUT2D eigenvalue weighted by Crippen LogP contribution is -2.38. The van der Waals surface area contributed by atoms with Crippen LogP contribution in [0.25, 0.3) is 0 Å². The fraction of sp³-hybridized carbons (Fsp3) is 0.700. The van der Waals surface area contributed by atoms with Crippen molar-refractivity contribution in [2.24, 2.45) is 5.92 Å². The van der Waals surface area contributed by atoms with E-state index in [1.54, 1.807) is 6.08 Å². The first kappa shape index (κ1) is 9.30. The van der Waals surface area contributed by atoms with Crippen LogP contribution in [0.3, 0.4) is 0 Å². The van der Waals surface area contributed by atoms with Crippen LogP contribution in [0.5, 0.6) is 0 Å². The van der Waals surface area contributed by atoms with Crippen molar-refractivity contribution >= 4 is 5.91 Å². The maximum atomic E-state index is 11.4. The molecule has 1 rings (SSSR count). The van der Waals surface area contributed by atoms with Gasteiger partial charge < -0.3 is 4.90 Å². The number of likely N-dealkylation sites (tertiary alicyclic amines) is 1. The van der Waals surface area contributed by atoms with Gasteiger partial charge in [0.2, 0.25) is 5.91 Å². The van der Waals surface area contributed by atoms with Gasteiger partial charge in [-0.3, -0.25) is 4.79 Å². The van der Waals surface area contributed by atoms with Crippen LogP contribution in [0.15, 0.2) is 12.2 Å². The van der Waals surface area contributed by atoms with E-state index >= 15 is 0 Å². The molecule has 0 bridgehead atoms. The average molecular weight is 167 g/mol. The van der Waals surface area contributed by atoms with Gasteiger partial charge in [0, 0.05) is 13.1 Å². The molecule has 1 fully saturated rings. The molecular weight excluding hydrogens is 150 g/mol. The van der Waals surface area contributed by atoms with E-state index in [4.69, 9.17) is 0 Å². The second kappa shape index (κ2) is 4.29. The van der Waals surface area contributed by atoms with Gasteiger partial charge in [0.25, 0.3) is 0 Å². The van der Waals surface area contributed by atoms with Crippen molar-refractivity contribution in [2.45, 2.75) is 26.7 Å². The summed E-state index contributed by atoms with van der Waals surface area (Å²) >= 11 is 0. The van der Waals surface area contributed by atoms with Crippen molar-refractivity contribution in [2.75, 3.05) is 13.1 Å². The summed E-state index contributed by atoms with van der Waals surface area (Å²) in [6.45, 7) is 5.96. The van der Waals surface area contributed by atoms with Gasteiger partial charge >= 0.3 is 0 Å². The molecule has 0 aromatic rings. The molecule has 2 heteroatoms. The van der Waals surface area contributed by atoms with E-state index in [9.17, 15) is 4.79 Å². The number of carbonyl (C=O) groups excluding carboxylic acids is 1. The van der Waals surface area contributed by atoms with Crippen molar-refractivity contribution in [1.29, 1.82) is 0 Å². The first-order valence-electron chi connectivity index (χ1n) is 4.65. The fourth-order valence-corrected chi connectivity index (χ4v) is 1.64. The van der Waals surface area contributed by atoms with Crippen molar-refractivity contribution in [3.63, 3.8) is 0 Å². The number of hydrogen-bond acceptors (Lipinski definition) is 1. The summed E-state index contributed by atoms with van der Waals surface area (Å²) in [6.07, 6.45) is 5.88. The standard InChI is InChI=1S/C10H17NO/c1-3-5-10(12)11-7-4-6-9(2)8-11/h3,5,9H,4,6-8H2,1-2H3. The number of allylic oxidation sites excluding steroid dienone is 1. The smallest absolute Gasteiger partial charge is 0.246 e. The Hall–Kier alpha value is -0.790. The summed E-state index contributed by atoms with van der Waals surface area (Å²) < 4.78 is 0. The van der Waals surface area contributed by atoms with Crippen LogP contribution in [0.4, 0.5) is 0 Å². The van der Waals surface area contributed by atoms with Gasteiger partial charge in [-0.25, -0.2) is 0 Å². The number of amides is 1. The van der Waals surface area contributed by atoms with Crippen molar-refractivity contribution in [3.05, 3.63) is 12.2 Å². The van der Waals surface area contributed by atoms with Gasteiger partial charge in [0.15, 0.2) is 0 Å². The largest absolute Gasteiger partial charge is 0.339 e. The first-order chi connectivity index (χ1) is 5.74. The van der Waals surface area contributed by atoms with Crippen molar-refractivity contribution in [3.8, 4) is 0 Å².